The van der Waals surface area contributed by atoms with Gasteiger partial charge in [0.25, 0.3) is 0 Å². The van der Waals surface area contributed by atoms with Gasteiger partial charge in [0.2, 0.25) is 0 Å². The zero-order valence-corrected chi connectivity index (χ0v) is 13.6. The van der Waals surface area contributed by atoms with Crippen molar-refractivity contribution in [3.8, 4) is 0 Å². The van der Waals surface area contributed by atoms with E-state index in [0.717, 1.165) is 6.42 Å². The fourth-order valence-corrected chi connectivity index (χ4v) is 2.78. The summed E-state index contributed by atoms with van der Waals surface area (Å²) in [5, 5.41) is 13.4. The summed E-state index contributed by atoms with van der Waals surface area (Å²) in [4.78, 5) is 0. The third kappa shape index (κ3) is 6.53. The molecule has 1 saturated carbocycles. The molecule has 1 rings (SSSR count). The maximum Gasteiger partial charge on any atom is 0.0897 e. The van der Waals surface area contributed by atoms with Crippen molar-refractivity contribution < 1.29 is 14.6 Å². The van der Waals surface area contributed by atoms with Crippen molar-refractivity contribution in [2.75, 3.05) is 26.9 Å². The molecule has 0 aromatic rings. The Morgan fingerprint density at radius 3 is 2.50 bits per heavy atom. The Kier molecular flexibility index (Phi) is 8.69. The molecule has 4 nitrogen and oxygen atoms in total. The number of ether oxygens (including phenoxy) is 2. The van der Waals surface area contributed by atoms with E-state index in [-0.39, 0.29) is 6.04 Å². The van der Waals surface area contributed by atoms with Gasteiger partial charge in [-0.1, -0.05) is 33.6 Å². The minimum atomic E-state index is -0.442. The van der Waals surface area contributed by atoms with Gasteiger partial charge in [-0.2, -0.15) is 0 Å². The molecule has 0 bridgehead atoms. The fourth-order valence-electron chi connectivity index (χ4n) is 2.78. The highest BCUT2D eigenvalue weighted by atomic mass is 16.5. The van der Waals surface area contributed by atoms with Crippen LogP contribution in [-0.2, 0) is 9.47 Å². The van der Waals surface area contributed by atoms with E-state index in [9.17, 15) is 5.11 Å². The van der Waals surface area contributed by atoms with Crippen LogP contribution in [0.5, 0.6) is 0 Å². The van der Waals surface area contributed by atoms with Gasteiger partial charge >= 0.3 is 0 Å². The average Bonchev–Trinajstić information content (AvgIpc) is 2.42. The summed E-state index contributed by atoms with van der Waals surface area (Å²) in [6.07, 6.45) is 4.85. The summed E-state index contributed by atoms with van der Waals surface area (Å²) in [6.45, 7) is 8.23. The van der Waals surface area contributed by atoms with E-state index in [2.05, 4.69) is 26.1 Å². The standard InChI is InChI=1S/C16H33NO3/c1-12(2)15(11-19-4)17-9-14(18)10-20-16-8-6-5-7-13(16)3/h12-18H,5-11H2,1-4H3. The van der Waals surface area contributed by atoms with Gasteiger partial charge in [-0.3, -0.25) is 0 Å². The number of rotatable bonds is 9. The lowest BCUT2D eigenvalue weighted by Gasteiger charge is -2.30. The highest BCUT2D eigenvalue weighted by molar-refractivity contribution is 4.75. The van der Waals surface area contributed by atoms with Crippen molar-refractivity contribution in [3.63, 3.8) is 0 Å². The Morgan fingerprint density at radius 1 is 1.20 bits per heavy atom. The Morgan fingerprint density at radius 2 is 1.90 bits per heavy atom. The summed E-state index contributed by atoms with van der Waals surface area (Å²) in [5.41, 5.74) is 0. The zero-order chi connectivity index (χ0) is 15.0. The molecular formula is C16H33NO3. The smallest absolute Gasteiger partial charge is 0.0897 e. The summed E-state index contributed by atoms with van der Waals surface area (Å²) in [7, 11) is 1.71. The van der Waals surface area contributed by atoms with Crippen LogP contribution in [-0.4, -0.2) is 50.2 Å². The van der Waals surface area contributed by atoms with E-state index in [1.54, 1.807) is 7.11 Å². The number of methoxy groups -OCH3 is 1. The van der Waals surface area contributed by atoms with Crippen molar-refractivity contribution in [2.24, 2.45) is 11.8 Å². The number of hydrogen-bond acceptors (Lipinski definition) is 4. The molecular weight excluding hydrogens is 254 g/mol. The highest BCUT2D eigenvalue weighted by Gasteiger charge is 2.23. The second-order valence-corrected chi connectivity index (χ2v) is 6.50. The van der Waals surface area contributed by atoms with E-state index in [4.69, 9.17) is 9.47 Å². The average molecular weight is 287 g/mol. The number of aliphatic hydroxyl groups excluding tert-OH is 1. The lowest BCUT2D eigenvalue weighted by atomic mass is 9.88. The van der Waals surface area contributed by atoms with Crippen molar-refractivity contribution in [1.82, 2.24) is 5.32 Å². The topological polar surface area (TPSA) is 50.7 Å². The molecule has 4 heteroatoms. The monoisotopic (exact) mass is 287 g/mol. The zero-order valence-electron chi connectivity index (χ0n) is 13.6. The van der Waals surface area contributed by atoms with Gasteiger partial charge in [0.05, 0.1) is 25.4 Å². The molecule has 20 heavy (non-hydrogen) atoms. The Hall–Kier alpha value is -0.160. The Labute approximate surface area is 124 Å². The number of aliphatic hydroxyl groups is 1. The van der Waals surface area contributed by atoms with E-state index < -0.39 is 6.10 Å². The fraction of sp³-hybridized carbons (Fsp3) is 1.00. The van der Waals surface area contributed by atoms with Crippen molar-refractivity contribution in [1.29, 1.82) is 0 Å². The molecule has 0 radical (unpaired) electrons. The SMILES string of the molecule is COCC(NCC(O)COC1CCCCC1C)C(C)C. The molecule has 0 spiro atoms. The Balaban J connectivity index is 2.20. The minimum Gasteiger partial charge on any atom is -0.389 e. The number of nitrogens with one attached hydrogen (secondary N) is 1. The molecule has 0 heterocycles. The van der Waals surface area contributed by atoms with Gasteiger partial charge < -0.3 is 19.9 Å². The summed E-state index contributed by atoms with van der Waals surface area (Å²) in [6, 6.07) is 0.281. The summed E-state index contributed by atoms with van der Waals surface area (Å²) < 4.78 is 11.1. The molecule has 0 aromatic carbocycles. The van der Waals surface area contributed by atoms with Crippen LogP contribution in [0, 0.1) is 11.8 Å². The van der Waals surface area contributed by atoms with Gasteiger partial charge in [0.15, 0.2) is 0 Å². The molecule has 0 aromatic heterocycles. The van der Waals surface area contributed by atoms with Crippen LogP contribution in [0.3, 0.4) is 0 Å². The lowest BCUT2D eigenvalue weighted by molar-refractivity contribution is -0.0463. The van der Waals surface area contributed by atoms with Gasteiger partial charge in [-0.05, 0) is 24.7 Å². The third-order valence-corrected chi connectivity index (χ3v) is 4.30. The quantitative estimate of drug-likeness (QED) is 0.682. The largest absolute Gasteiger partial charge is 0.389 e. The first-order valence-electron chi connectivity index (χ1n) is 8.06. The van der Waals surface area contributed by atoms with Gasteiger partial charge in [-0.15, -0.1) is 0 Å². The van der Waals surface area contributed by atoms with Crippen LogP contribution >= 0.6 is 0 Å². The van der Waals surface area contributed by atoms with Gasteiger partial charge in [0, 0.05) is 19.7 Å². The van der Waals surface area contributed by atoms with Crippen LogP contribution in [0.1, 0.15) is 46.5 Å². The third-order valence-electron chi connectivity index (χ3n) is 4.30. The predicted octanol–water partition coefficient (Wildman–Crippen LogP) is 2.20. The molecule has 0 amide bonds. The maximum absolute atomic E-state index is 10.0. The van der Waals surface area contributed by atoms with Crippen molar-refractivity contribution in [3.05, 3.63) is 0 Å². The molecule has 4 unspecified atom stereocenters. The number of hydrogen-bond donors (Lipinski definition) is 2. The van der Waals surface area contributed by atoms with Crippen LogP contribution in [0.25, 0.3) is 0 Å². The molecule has 0 aliphatic heterocycles. The molecule has 1 aliphatic rings. The van der Waals surface area contributed by atoms with E-state index >= 15 is 0 Å². The predicted molar refractivity (Wildman–Crippen MR) is 81.9 cm³/mol. The first-order valence-corrected chi connectivity index (χ1v) is 8.06. The summed E-state index contributed by atoms with van der Waals surface area (Å²) in [5.74, 6) is 1.11. The van der Waals surface area contributed by atoms with E-state index in [1.165, 1.54) is 19.3 Å². The van der Waals surface area contributed by atoms with Crippen LogP contribution in [0.4, 0.5) is 0 Å². The van der Waals surface area contributed by atoms with Crippen LogP contribution in [0.15, 0.2) is 0 Å². The molecule has 0 saturated heterocycles. The Bertz CT molecular complexity index is 240. The molecule has 120 valence electrons. The molecule has 4 atom stereocenters. The normalized spacial score (nSPS) is 26.7. The van der Waals surface area contributed by atoms with Crippen molar-refractivity contribution in [2.45, 2.75) is 64.7 Å². The maximum atomic E-state index is 10.0. The van der Waals surface area contributed by atoms with E-state index in [0.29, 0.717) is 37.7 Å². The summed E-state index contributed by atoms with van der Waals surface area (Å²) >= 11 is 0. The first-order chi connectivity index (χ1) is 9.54. The second-order valence-electron chi connectivity index (χ2n) is 6.50. The second kappa shape index (κ2) is 9.72. The van der Waals surface area contributed by atoms with Crippen LogP contribution in [0.2, 0.25) is 0 Å². The lowest BCUT2D eigenvalue weighted by Crippen LogP contribution is -2.43. The molecule has 2 N–H and O–H groups in total. The minimum absolute atomic E-state index is 0.281. The van der Waals surface area contributed by atoms with Crippen LogP contribution < -0.4 is 5.32 Å². The first kappa shape index (κ1) is 17.9. The van der Waals surface area contributed by atoms with Gasteiger partial charge in [0.1, 0.15) is 0 Å². The molecule has 1 fully saturated rings. The highest BCUT2D eigenvalue weighted by Crippen LogP contribution is 2.26. The molecule has 1 aliphatic carbocycles. The van der Waals surface area contributed by atoms with Gasteiger partial charge in [-0.25, -0.2) is 0 Å². The van der Waals surface area contributed by atoms with Crippen molar-refractivity contribution >= 4 is 0 Å². The van der Waals surface area contributed by atoms with E-state index in [1.807, 2.05) is 0 Å².